The van der Waals surface area contributed by atoms with Crippen LogP contribution in [0.3, 0.4) is 0 Å². The molecule has 0 N–H and O–H groups in total. The molecule has 0 aliphatic rings. The van der Waals surface area contributed by atoms with Crippen LogP contribution in [0.1, 0.15) is 33.8 Å². The highest BCUT2D eigenvalue weighted by molar-refractivity contribution is 5.87. The second-order valence-electron chi connectivity index (χ2n) is 7.60. The van der Waals surface area contributed by atoms with Crippen LogP contribution in [0.4, 0.5) is 0 Å². The maximum Gasteiger partial charge on any atom is 0.110 e. The van der Waals surface area contributed by atoms with E-state index in [0.717, 1.165) is 57.6 Å². The van der Waals surface area contributed by atoms with E-state index in [4.69, 9.17) is 9.97 Å². The van der Waals surface area contributed by atoms with Gasteiger partial charge in [0.15, 0.2) is 0 Å². The highest BCUT2D eigenvalue weighted by atomic mass is 15.1. The van der Waals surface area contributed by atoms with Gasteiger partial charge < -0.3 is 4.57 Å². The quantitative estimate of drug-likeness (QED) is 0.433. The Morgan fingerprint density at radius 2 is 1.66 bits per heavy atom. The molecule has 4 aromatic rings. The van der Waals surface area contributed by atoms with E-state index >= 15 is 0 Å². The van der Waals surface area contributed by atoms with Gasteiger partial charge in [-0.3, -0.25) is 4.98 Å². The smallest absolute Gasteiger partial charge is 0.110 e. The molecular weight excluding hydrogens is 356 g/mol. The Morgan fingerprint density at radius 3 is 2.41 bits per heavy atom. The van der Waals surface area contributed by atoms with Crippen molar-refractivity contribution in [2.45, 2.75) is 33.6 Å². The Hall–Kier alpha value is -3.27. The molecule has 0 spiro atoms. The van der Waals surface area contributed by atoms with Gasteiger partial charge in [-0.1, -0.05) is 43.0 Å². The lowest BCUT2D eigenvalue weighted by Crippen LogP contribution is -2.03. The molecule has 2 aromatic carbocycles. The topological polar surface area (TPSA) is 43.6 Å². The average Bonchev–Trinajstić information content (AvgIpc) is 3.04. The monoisotopic (exact) mass is 382 g/mol. The van der Waals surface area contributed by atoms with E-state index in [1.54, 1.807) is 6.08 Å². The summed E-state index contributed by atoms with van der Waals surface area (Å²) in [4.78, 5) is 14.4. The molecule has 0 saturated heterocycles. The number of nitrogens with zero attached hydrogens (tertiary/aromatic N) is 4. The van der Waals surface area contributed by atoms with Gasteiger partial charge in [-0.2, -0.15) is 0 Å². The van der Waals surface area contributed by atoms with E-state index < -0.39 is 0 Å². The lowest BCUT2D eigenvalue weighted by molar-refractivity contribution is 0.775. The minimum Gasteiger partial charge on any atom is -0.331 e. The van der Waals surface area contributed by atoms with Gasteiger partial charge in [0.2, 0.25) is 0 Å². The van der Waals surface area contributed by atoms with E-state index in [0.29, 0.717) is 0 Å². The molecule has 29 heavy (non-hydrogen) atoms. The van der Waals surface area contributed by atoms with Crippen molar-refractivity contribution < 1.29 is 0 Å². The summed E-state index contributed by atoms with van der Waals surface area (Å²) in [5.74, 6) is 1.06. The SMILES string of the molecule is C=C/C=C\c1c(C)ccc2nc(CCc3cnc4c(C)ccc(C)c4n3)n(C)c12. The van der Waals surface area contributed by atoms with Gasteiger partial charge in [-0.25, -0.2) is 9.97 Å². The second kappa shape index (κ2) is 7.63. The maximum absolute atomic E-state index is 4.89. The lowest BCUT2D eigenvalue weighted by atomic mass is 10.1. The fraction of sp³-hybridized carbons (Fsp3) is 0.240. The normalized spacial score (nSPS) is 11.7. The average molecular weight is 383 g/mol. The number of rotatable bonds is 5. The van der Waals surface area contributed by atoms with Crippen molar-refractivity contribution in [2.24, 2.45) is 7.05 Å². The molecule has 0 radical (unpaired) electrons. The Bertz CT molecular complexity index is 1260. The molecule has 0 aliphatic carbocycles. The van der Waals surface area contributed by atoms with Crippen molar-refractivity contribution in [2.75, 3.05) is 0 Å². The summed E-state index contributed by atoms with van der Waals surface area (Å²) in [5.41, 5.74) is 9.93. The molecule has 0 saturated carbocycles. The fourth-order valence-electron chi connectivity index (χ4n) is 3.84. The van der Waals surface area contributed by atoms with Crippen molar-refractivity contribution in [1.29, 1.82) is 0 Å². The first kappa shape index (κ1) is 19.1. The molecule has 4 rings (SSSR count). The number of aromatic nitrogens is 4. The maximum atomic E-state index is 4.89. The molecule has 146 valence electrons. The molecule has 0 bridgehead atoms. The summed E-state index contributed by atoms with van der Waals surface area (Å²) in [6.45, 7) is 10.1. The first-order chi connectivity index (χ1) is 14.0. The summed E-state index contributed by atoms with van der Waals surface area (Å²) in [5, 5.41) is 0. The summed E-state index contributed by atoms with van der Waals surface area (Å²) < 4.78 is 2.20. The molecule has 4 nitrogen and oxygen atoms in total. The zero-order valence-electron chi connectivity index (χ0n) is 17.5. The third-order valence-electron chi connectivity index (χ3n) is 5.54. The summed E-state index contributed by atoms with van der Waals surface area (Å²) in [7, 11) is 2.09. The molecule has 2 heterocycles. The summed E-state index contributed by atoms with van der Waals surface area (Å²) in [6, 6.07) is 8.44. The van der Waals surface area contributed by atoms with Gasteiger partial charge in [0, 0.05) is 25.2 Å². The summed E-state index contributed by atoms with van der Waals surface area (Å²) >= 11 is 0. The van der Waals surface area contributed by atoms with Gasteiger partial charge >= 0.3 is 0 Å². The molecule has 0 amide bonds. The summed E-state index contributed by atoms with van der Waals surface area (Å²) in [6.07, 6.45) is 9.42. The third-order valence-corrected chi connectivity index (χ3v) is 5.54. The number of benzene rings is 2. The van der Waals surface area contributed by atoms with Crippen LogP contribution in [0.25, 0.3) is 28.1 Å². The molecule has 4 heteroatoms. The zero-order valence-corrected chi connectivity index (χ0v) is 17.5. The Morgan fingerprint density at radius 1 is 0.931 bits per heavy atom. The van der Waals surface area contributed by atoms with Crippen LogP contribution in [0.5, 0.6) is 0 Å². The van der Waals surface area contributed by atoms with Gasteiger partial charge in [0.25, 0.3) is 0 Å². The van der Waals surface area contributed by atoms with E-state index in [1.165, 1.54) is 11.1 Å². The van der Waals surface area contributed by atoms with Crippen LogP contribution < -0.4 is 0 Å². The minimum atomic E-state index is 0.810. The number of allylic oxidation sites excluding steroid dienone is 2. The number of imidazole rings is 1. The number of aryl methyl sites for hydroxylation is 6. The minimum absolute atomic E-state index is 0.810. The molecule has 0 atom stereocenters. The lowest BCUT2D eigenvalue weighted by Gasteiger charge is -2.08. The highest BCUT2D eigenvalue weighted by Gasteiger charge is 2.13. The number of hydrogen-bond acceptors (Lipinski definition) is 3. The van der Waals surface area contributed by atoms with Crippen molar-refractivity contribution >= 4 is 28.1 Å². The predicted octanol–water partition coefficient (Wildman–Crippen LogP) is 5.43. The van der Waals surface area contributed by atoms with Crippen LogP contribution in [0.15, 0.2) is 49.2 Å². The molecule has 2 aromatic heterocycles. The fourth-order valence-corrected chi connectivity index (χ4v) is 3.84. The zero-order chi connectivity index (χ0) is 20.5. The van der Waals surface area contributed by atoms with E-state index in [-0.39, 0.29) is 0 Å². The molecule has 0 unspecified atom stereocenters. The standard InChI is InChI=1S/C25H26N4/c1-6-7-8-20-16(2)11-13-21-25(20)29(5)22(28-21)14-12-19-15-26-23-17(3)9-10-18(4)24(23)27-19/h6-11,13,15H,1,12,14H2,2-5H3/b8-7-. The van der Waals surface area contributed by atoms with Crippen LogP contribution in [0, 0.1) is 20.8 Å². The van der Waals surface area contributed by atoms with Crippen molar-refractivity contribution in [3.63, 3.8) is 0 Å². The first-order valence-electron chi connectivity index (χ1n) is 9.95. The van der Waals surface area contributed by atoms with Crippen LogP contribution >= 0.6 is 0 Å². The molecule has 0 aliphatic heterocycles. The van der Waals surface area contributed by atoms with E-state index in [2.05, 4.69) is 74.3 Å². The predicted molar refractivity (Wildman–Crippen MR) is 121 cm³/mol. The Balaban J connectivity index is 1.68. The van der Waals surface area contributed by atoms with Crippen molar-refractivity contribution in [3.8, 4) is 0 Å². The van der Waals surface area contributed by atoms with Crippen molar-refractivity contribution in [1.82, 2.24) is 19.5 Å². The van der Waals surface area contributed by atoms with E-state index in [9.17, 15) is 0 Å². The Kier molecular flexibility index (Phi) is 5.01. The number of fused-ring (bicyclic) bond motifs is 2. The van der Waals surface area contributed by atoms with Crippen molar-refractivity contribution in [3.05, 3.63) is 83.0 Å². The highest BCUT2D eigenvalue weighted by Crippen LogP contribution is 2.25. The molecule has 0 fully saturated rings. The third kappa shape index (κ3) is 3.46. The van der Waals surface area contributed by atoms with E-state index in [1.807, 2.05) is 12.3 Å². The van der Waals surface area contributed by atoms with Gasteiger partial charge in [0.1, 0.15) is 5.82 Å². The van der Waals surface area contributed by atoms with Crippen LogP contribution in [-0.2, 0) is 19.9 Å². The van der Waals surface area contributed by atoms with Crippen LogP contribution in [-0.4, -0.2) is 19.5 Å². The van der Waals surface area contributed by atoms with Gasteiger partial charge in [0.05, 0.1) is 27.8 Å². The van der Waals surface area contributed by atoms with Crippen LogP contribution in [0.2, 0.25) is 0 Å². The largest absolute Gasteiger partial charge is 0.331 e. The number of hydrogen-bond donors (Lipinski definition) is 0. The second-order valence-corrected chi connectivity index (χ2v) is 7.60. The van der Waals surface area contributed by atoms with Gasteiger partial charge in [-0.05, 0) is 49.9 Å². The van der Waals surface area contributed by atoms with Gasteiger partial charge in [-0.15, -0.1) is 0 Å². The Labute approximate surface area is 171 Å². The molecular formula is C25H26N4. The first-order valence-corrected chi connectivity index (χ1v) is 9.95.